The summed E-state index contributed by atoms with van der Waals surface area (Å²) >= 11 is 0. The molecule has 0 rings (SSSR count). The Bertz CT molecular complexity index is 97.0. The molecule has 0 aromatic rings. The van der Waals surface area contributed by atoms with Crippen LogP contribution >= 0.6 is 7.26 Å². The molecule has 0 radical (unpaired) electrons. The Kier molecular flexibility index (Phi) is 5.34. The Morgan fingerprint density at radius 1 is 1.09 bits per heavy atom. The van der Waals surface area contributed by atoms with Gasteiger partial charge in [-0.1, -0.05) is 0 Å². The maximum absolute atomic E-state index is 2.54. The van der Waals surface area contributed by atoms with Crippen LogP contribution in [0.5, 0.6) is 0 Å². The number of hydrogen-bond donors (Lipinski definition) is 0. The van der Waals surface area contributed by atoms with Gasteiger partial charge in [0.15, 0.2) is 0 Å². The second-order valence-electron chi connectivity index (χ2n) is 4.24. The topological polar surface area (TPSA) is 0 Å². The molecule has 11 heavy (non-hydrogen) atoms. The van der Waals surface area contributed by atoms with Crippen molar-refractivity contribution in [3.05, 3.63) is 0 Å². The van der Waals surface area contributed by atoms with Gasteiger partial charge >= 0.3 is 72.4 Å². The van der Waals surface area contributed by atoms with E-state index in [1.165, 1.54) is 25.4 Å². The van der Waals surface area contributed by atoms with Crippen LogP contribution in [0.25, 0.3) is 0 Å². The summed E-state index contributed by atoms with van der Waals surface area (Å²) in [5.41, 5.74) is 1.07. The zero-order valence-corrected chi connectivity index (χ0v) is 9.91. The van der Waals surface area contributed by atoms with E-state index in [9.17, 15) is 0 Å². The normalized spacial score (nSPS) is 16.5. The summed E-state index contributed by atoms with van der Waals surface area (Å²) in [7, 11) is -0.828. The van der Waals surface area contributed by atoms with Crippen molar-refractivity contribution < 1.29 is 0 Å². The molecule has 0 heterocycles. The van der Waals surface area contributed by atoms with Crippen LogP contribution < -0.4 is 0 Å². The van der Waals surface area contributed by atoms with Crippen LogP contribution in [0.1, 0.15) is 40.0 Å². The molecule has 1 atom stereocenters. The van der Waals surface area contributed by atoms with Crippen LogP contribution in [-0.4, -0.2) is 25.2 Å². The first-order chi connectivity index (χ1) is 5.08. The zero-order valence-electron chi connectivity index (χ0n) is 8.91. The third kappa shape index (κ3) is 3.56. The van der Waals surface area contributed by atoms with Crippen LogP contribution in [0.4, 0.5) is 0 Å². The van der Waals surface area contributed by atoms with Gasteiger partial charge in [0.2, 0.25) is 0 Å². The first-order valence-corrected chi connectivity index (χ1v) is 8.36. The SMILES string of the molecule is CCCC(CC)[PH](C)(C)CC. The van der Waals surface area contributed by atoms with E-state index in [0.717, 1.165) is 5.66 Å². The average Bonchev–Trinajstić information content (AvgIpc) is 2.00. The third-order valence-electron chi connectivity index (χ3n) is 3.15. The van der Waals surface area contributed by atoms with Crippen LogP contribution in [0.3, 0.4) is 0 Å². The van der Waals surface area contributed by atoms with Gasteiger partial charge in [-0.05, 0) is 0 Å². The molecule has 0 aromatic heterocycles. The molecule has 0 N–H and O–H groups in total. The molecule has 0 amide bonds. The third-order valence-corrected chi connectivity index (χ3v) is 7.88. The van der Waals surface area contributed by atoms with Crippen molar-refractivity contribution in [3.63, 3.8) is 0 Å². The first kappa shape index (κ1) is 11.4. The number of hydrogen-bond acceptors (Lipinski definition) is 0. The predicted molar refractivity (Wildman–Crippen MR) is 59.7 cm³/mol. The molecule has 0 aliphatic rings. The summed E-state index contributed by atoms with van der Waals surface area (Å²) in [6.07, 6.45) is 5.69. The molecule has 0 aromatic carbocycles. The fraction of sp³-hybridized carbons (Fsp3) is 1.00. The summed E-state index contributed by atoms with van der Waals surface area (Å²) in [5.74, 6) is 0. The predicted octanol–water partition coefficient (Wildman–Crippen LogP) is 3.59. The molecule has 0 spiro atoms. The maximum atomic E-state index is 2.54. The summed E-state index contributed by atoms with van der Waals surface area (Å²) in [6, 6.07) is 0. The van der Waals surface area contributed by atoms with Gasteiger partial charge in [-0.25, -0.2) is 0 Å². The van der Waals surface area contributed by atoms with E-state index in [2.05, 4.69) is 34.1 Å². The van der Waals surface area contributed by atoms with Crippen LogP contribution in [0, 0.1) is 0 Å². The van der Waals surface area contributed by atoms with E-state index in [1.54, 1.807) is 0 Å². The second-order valence-corrected chi connectivity index (χ2v) is 9.74. The summed E-state index contributed by atoms with van der Waals surface area (Å²) in [5, 5.41) is 0. The Balaban J connectivity index is 3.99. The second kappa shape index (κ2) is 5.14. The Morgan fingerprint density at radius 3 is 1.91 bits per heavy atom. The number of rotatable bonds is 5. The zero-order chi connectivity index (χ0) is 8.91. The summed E-state index contributed by atoms with van der Waals surface area (Å²) < 4.78 is 0. The van der Waals surface area contributed by atoms with Gasteiger partial charge in [0.05, 0.1) is 0 Å². The Hall–Kier alpha value is 0.430. The minimum absolute atomic E-state index is 0.828. The van der Waals surface area contributed by atoms with E-state index >= 15 is 0 Å². The fourth-order valence-electron chi connectivity index (χ4n) is 1.78. The van der Waals surface area contributed by atoms with E-state index in [0.29, 0.717) is 0 Å². The monoisotopic (exact) mass is 176 g/mol. The molecule has 0 bridgehead atoms. The van der Waals surface area contributed by atoms with Crippen LogP contribution in [0.15, 0.2) is 0 Å². The van der Waals surface area contributed by atoms with Crippen molar-refractivity contribution in [3.8, 4) is 0 Å². The van der Waals surface area contributed by atoms with Gasteiger partial charge in [0, 0.05) is 0 Å². The molecule has 0 aliphatic heterocycles. The van der Waals surface area contributed by atoms with E-state index in [-0.39, 0.29) is 0 Å². The van der Waals surface area contributed by atoms with Gasteiger partial charge in [0.1, 0.15) is 0 Å². The molecular weight excluding hydrogens is 151 g/mol. The van der Waals surface area contributed by atoms with Crippen molar-refractivity contribution in [2.75, 3.05) is 19.5 Å². The minimum atomic E-state index is -0.828. The molecule has 0 saturated carbocycles. The van der Waals surface area contributed by atoms with Crippen LogP contribution in [0.2, 0.25) is 0 Å². The standard InChI is InChI=1S/C10H25P/c1-6-9-10(7-2)11(4,5)8-3/h10-11H,6-9H2,1-5H3. The molecule has 0 nitrogen and oxygen atoms in total. The van der Waals surface area contributed by atoms with Gasteiger partial charge in [-0.2, -0.15) is 0 Å². The van der Waals surface area contributed by atoms with Crippen molar-refractivity contribution >= 4 is 7.26 Å². The van der Waals surface area contributed by atoms with E-state index in [1.807, 2.05) is 0 Å². The van der Waals surface area contributed by atoms with Crippen molar-refractivity contribution in [1.82, 2.24) is 0 Å². The molecule has 0 aliphatic carbocycles. The molecule has 0 fully saturated rings. The van der Waals surface area contributed by atoms with Gasteiger partial charge in [-0.3, -0.25) is 0 Å². The fourth-order valence-corrected chi connectivity index (χ4v) is 4.54. The van der Waals surface area contributed by atoms with Gasteiger partial charge in [0.25, 0.3) is 0 Å². The van der Waals surface area contributed by atoms with Gasteiger partial charge in [-0.15, -0.1) is 0 Å². The van der Waals surface area contributed by atoms with E-state index in [4.69, 9.17) is 0 Å². The van der Waals surface area contributed by atoms with Crippen molar-refractivity contribution in [1.29, 1.82) is 0 Å². The van der Waals surface area contributed by atoms with Gasteiger partial charge < -0.3 is 0 Å². The van der Waals surface area contributed by atoms with E-state index < -0.39 is 7.26 Å². The Morgan fingerprint density at radius 2 is 1.64 bits per heavy atom. The summed E-state index contributed by atoms with van der Waals surface area (Å²) in [6.45, 7) is 12.1. The average molecular weight is 176 g/mol. The first-order valence-electron chi connectivity index (χ1n) is 5.08. The van der Waals surface area contributed by atoms with Crippen molar-refractivity contribution in [2.45, 2.75) is 45.7 Å². The van der Waals surface area contributed by atoms with Crippen molar-refractivity contribution in [2.24, 2.45) is 0 Å². The Labute approximate surface area is 73.1 Å². The quantitative estimate of drug-likeness (QED) is 0.561. The molecule has 0 saturated heterocycles. The summed E-state index contributed by atoms with van der Waals surface area (Å²) in [4.78, 5) is 0. The molecule has 1 unspecified atom stereocenters. The molecular formula is C10H25P. The molecule has 1 heteroatoms. The van der Waals surface area contributed by atoms with Crippen LogP contribution in [-0.2, 0) is 0 Å². The molecule has 70 valence electrons.